The van der Waals surface area contributed by atoms with Crippen LogP contribution < -0.4 is 24.3 Å². The second-order valence-electron chi connectivity index (χ2n) is 8.40. The van der Waals surface area contributed by atoms with Crippen molar-refractivity contribution in [2.24, 2.45) is 0 Å². The molecular formula is C25H32N2O6. The van der Waals surface area contributed by atoms with E-state index in [0.29, 0.717) is 41.9 Å². The van der Waals surface area contributed by atoms with Gasteiger partial charge in [0.15, 0.2) is 29.6 Å². The second kappa shape index (κ2) is 10.5. The van der Waals surface area contributed by atoms with Crippen molar-refractivity contribution in [2.45, 2.75) is 39.7 Å². The zero-order valence-corrected chi connectivity index (χ0v) is 19.9. The van der Waals surface area contributed by atoms with E-state index < -0.39 is 0 Å². The third kappa shape index (κ3) is 6.31. The molecule has 0 bridgehead atoms. The topological polar surface area (TPSA) is 86.3 Å². The molecule has 0 unspecified atom stereocenters. The van der Waals surface area contributed by atoms with Crippen LogP contribution in [-0.2, 0) is 16.0 Å². The van der Waals surface area contributed by atoms with Crippen LogP contribution in [-0.4, -0.2) is 55.7 Å². The number of ether oxygens (including phenoxy) is 4. The first-order valence-electron chi connectivity index (χ1n) is 11.1. The molecule has 2 aromatic rings. The number of anilines is 1. The van der Waals surface area contributed by atoms with Gasteiger partial charge >= 0.3 is 0 Å². The van der Waals surface area contributed by atoms with Crippen molar-refractivity contribution >= 4 is 17.5 Å². The maximum atomic E-state index is 12.5. The highest BCUT2D eigenvalue weighted by atomic mass is 16.5. The van der Waals surface area contributed by atoms with Gasteiger partial charge in [-0.15, -0.1) is 0 Å². The van der Waals surface area contributed by atoms with Gasteiger partial charge in [0.05, 0.1) is 19.8 Å². The summed E-state index contributed by atoms with van der Waals surface area (Å²) in [5, 5.41) is 2.78. The standard InChI is InChI=1S/C25H32N2O6/c1-6-30-19-12-11-18(13-21(19)31-7-2)26-22(28)15-27(5)23(29)16-32-20-10-8-9-17-14-25(3,4)33-24(17)20/h8-13H,6-7,14-16H2,1-5H3,(H,26,28). The van der Waals surface area contributed by atoms with Gasteiger partial charge in [-0.25, -0.2) is 0 Å². The Labute approximate surface area is 194 Å². The summed E-state index contributed by atoms with van der Waals surface area (Å²) in [4.78, 5) is 26.3. The van der Waals surface area contributed by atoms with Crippen LogP contribution in [0.2, 0.25) is 0 Å². The van der Waals surface area contributed by atoms with Crippen LogP contribution in [0, 0.1) is 0 Å². The van der Waals surface area contributed by atoms with Crippen LogP contribution in [0.3, 0.4) is 0 Å². The Morgan fingerprint density at radius 1 is 1.03 bits per heavy atom. The normalized spacial score (nSPS) is 13.5. The van der Waals surface area contributed by atoms with E-state index in [4.69, 9.17) is 18.9 Å². The van der Waals surface area contributed by atoms with Crippen molar-refractivity contribution in [3.8, 4) is 23.0 Å². The molecule has 3 rings (SSSR count). The molecule has 1 N–H and O–H groups in total. The number of fused-ring (bicyclic) bond motifs is 1. The molecule has 0 atom stereocenters. The SMILES string of the molecule is CCOc1ccc(NC(=O)CN(C)C(=O)COc2cccc3c2OC(C)(C)C3)cc1OCC. The highest BCUT2D eigenvalue weighted by Crippen LogP contribution is 2.41. The summed E-state index contributed by atoms with van der Waals surface area (Å²) in [5.74, 6) is 1.72. The van der Waals surface area contributed by atoms with E-state index in [1.54, 1.807) is 31.3 Å². The number of carbonyl (C=O) groups excluding carboxylic acids is 2. The average Bonchev–Trinajstić information content (AvgIpc) is 3.08. The number of hydrogen-bond donors (Lipinski definition) is 1. The molecule has 0 aliphatic carbocycles. The first-order chi connectivity index (χ1) is 15.7. The predicted octanol–water partition coefficient (Wildman–Crippen LogP) is 3.67. The molecule has 8 nitrogen and oxygen atoms in total. The van der Waals surface area contributed by atoms with Gasteiger partial charge in [-0.3, -0.25) is 9.59 Å². The molecular weight excluding hydrogens is 424 g/mol. The second-order valence-corrected chi connectivity index (χ2v) is 8.40. The van der Waals surface area contributed by atoms with Crippen LogP contribution in [0.15, 0.2) is 36.4 Å². The smallest absolute Gasteiger partial charge is 0.260 e. The van der Waals surface area contributed by atoms with Crippen molar-refractivity contribution < 1.29 is 28.5 Å². The number of amides is 2. The predicted molar refractivity (Wildman–Crippen MR) is 125 cm³/mol. The van der Waals surface area contributed by atoms with Crippen LogP contribution >= 0.6 is 0 Å². The number of para-hydroxylation sites is 1. The fourth-order valence-corrected chi connectivity index (χ4v) is 3.58. The molecule has 1 aliphatic heterocycles. The number of nitrogens with one attached hydrogen (secondary N) is 1. The van der Waals surface area contributed by atoms with Gasteiger partial charge in [-0.05, 0) is 45.9 Å². The zero-order chi connectivity index (χ0) is 24.0. The zero-order valence-electron chi connectivity index (χ0n) is 19.9. The lowest BCUT2D eigenvalue weighted by Crippen LogP contribution is -2.37. The Bertz CT molecular complexity index is 1000. The van der Waals surface area contributed by atoms with E-state index in [2.05, 4.69) is 5.32 Å². The number of likely N-dealkylation sites (N-methyl/N-ethyl adjacent to an activating group) is 1. The first kappa shape index (κ1) is 24.2. The summed E-state index contributed by atoms with van der Waals surface area (Å²) in [7, 11) is 1.56. The van der Waals surface area contributed by atoms with Gasteiger partial charge in [0.25, 0.3) is 5.91 Å². The van der Waals surface area contributed by atoms with Crippen molar-refractivity contribution in [2.75, 3.05) is 38.7 Å². The maximum absolute atomic E-state index is 12.5. The Balaban J connectivity index is 1.54. The highest BCUT2D eigenvalue weighted by Gasteiger charge is 2.32. The van der Waals surface area contributed by atoms with Gasteiger partial charge in [-0.1, -0.05) is 12.1 Å². The Morgan fingerprint density at radius 2 is 1.76 bits per heavy atom. The summed E-state index contributed by atoms with van der Waals surface area (Å²) in [6.45, 7) is 8.46. The molecule has 1 aliphatic rings. The molecule has 2 amide bonds. The van der Waals surface area contributed by atoms with E-state index >= 15 is 0 Å². The van der Waals surface area contributed by atoms with Crippen LogP contribution in [0.5, 0.6) is 23.0 Å². The van der Waals surface area contributed by atoms with Gasteiger partial charge in [0, 0.05) is 30.8 Å². The molecule has 0 spiro atoms. The number of benzene rings is 2. The number of hydrogen-bond acceptors (Lipinski definition) is 6. The minimum atomic E-state index is -0.330. The fraction of sp³-hybridized carbons (Fsp3) is 0.440. The summed E-state index contributed by atoms with van der Waals surface area (Å²) in [6, 6.07) is 10.8. The number of carbonyl (C=O) groups is 2. The minimum absolute atomic E-state index is 0.115. The lowest BCUT2D eigenvalue weighted by atomic mass is 10.0. The van der Waals surface area contributed by atoms with Crippen molar-refractivity contribution in [3.63, 3.8) is 0 Å². The van der Waals surface area contributed by atoms with Crippen molar-refractivity contribution in [1.29, 1.82) is 0 Å². The van der Waals surface area contributed by atoms with E-state index in [-0.39, 0.29) is 30.6 Å². The lowest BCUT2D eigenvalue weighted by molar-refractivity contribution is -0.135. The molecule has 0 aromatic heterocycles. The van der Waals surface area contributed by atoms with E-state index in [9.17, 15) is 9.59 Å². The summed E-state index contributed by atoms with van der Waals surface area (Å²) < 4.78 is 22.8. The average molecular weight is 457 g/mol. The third-order valence-electron chi connectivity index (χ3n) is 5.04. The van der Waals surface area contributed by atoms with Crippen LogP contribution in [0.1, 0.15) is 33.3 Å². The molecule has 0 fully saturated rings. The minimum Gasteiger partial charge on any atom is -0.490 e. The third-order valence-corrected chi connectivity index (χ3v) is 5.04. The Morgan fingerprint density at radius 3 is 2.48 bits per heavy atom. The molecule has 33 heavy (non-hydrogen) atoms. The van der Waals surface area contributed by atoms with Gasteiger partial charge in [-0.2, -0.15) is 0 Å². The van der Waals surface area contributed by atoms with Gasteiger partial charge < -0.3 is 29.2 Å². The first-order valence-corrected chi connectivity index (χ1v) is 11.1. The number of nitrogens with zero attached hydrogens (tertiary/aromatic N) is 1. The molecule has 1 heterocycles. The Kier molecular flexibility index (Phi) is 7.68. The monoisotopic (exact) mass is 456 g/mol. The maximum Gasteiger partial charge on any atom is 0.260 e. The molecule has 178 valence electrons. The van der Waals surface area contributed by atoms with Crippen molar-refractivity contribution in [1.82, 2.24) is 4.90 Å². The quantitative estimate of drug-likeness (QED) is 0.587. The van der Waals surface area contributed by atoms with Crippen LogP contribution in [0.4, 0.5) is 5.69 Å². The van der Waals surface area contributed by atoms with Crippen LogP contribution in [0.25, 0.3) is 0 Å². The largest absolute Gasteiger partial charge is 0.490 e. The summed E-state index contributed by atoms with van der Waals surface area (Å²) in [5.41, 5.74) is 1.31. The van der Waals surface area contributed by atoms with Gasteiger partial charge in [0.1, 0.15) is 5.60 Å². The molecule has 0 saturated heterocycles. The molecule has 0 saturated carbocycles. The van der Waals surface area contributed by atoms with E-state index in [0.717, 1.165) is 12.0 Å². The highest BCUT2D eigenvalue weighted by molar-refractivity contribution is 5.94. The van der Waals surface area contributed by atoms with E-state index in [1.165, 1.54) is 4.90 Å². The molecule has 8 heteroatoms. The van der Waals surface area contributed by atoms with Crippen molar-refractivity contribution in [3.05, 3.63) is 42.0 Å². The summed E-state index contributed by atoms with van der Waals surface area (Å²) >= 11 is 0. The Hall–Kier alpha value is -3.42. The fourth-order valence-electron chi connectivity index (χ4n) is 3.58. The number of rotatable bonds is 10. The van der Waals surface area contributed by atoms with E-state index in [1.807, 2.05) is 39.8 Å². The molecule has 0 radical (unpaired) electrons. The lowest BCUT2D eigenvalue weighted by Gasteiger charge is -2.20. The van der Waals surface area contributed by atoms with Gasteiger partial charge in [0.2, 0.25) is 5.91 Å². The summed E-state index contributed by atoms with van der Waals surface area (Å²) in [6.07, 6.45) is 0.782. The molecule has 2 aromatic carbocycles.